The lowest BCUT2D eigenvalue weighted by Gasteiger charge is -2.24. The number of hydrogen-bond acceptors (Lipinski definition) is 9. The van der Waals surface area contributed by atoms with E-state index in [0.717, 1.165) is 70.6 Å². The van der Waals surface area contributed by atoms with Crippen LogP contribution in [0.3, 0.4) is 0 Å². The molecule has 332 valence electrons. The van der Waals surface area contributed by atoms with Crippen LogP contribution in [0.1, 0.15) is 174 Å². The lowest BCUT2D eigenvalue weighted by atomic mass is 10.0. The summed E-state index contributed by atoms with van der Waals surface area (Å²) in [7, 11) is 1.54. The Hall–Kier alpha value is -1.14. The number of phosphoric ester groups is 1. The van der Waals surface area contributed by atoms with Crippen LogP contribution in [0, 0.1) is 0 Å². The summed E-state index contributed by atoms with van der Waals surface area (Å²) in [5, 5.41) is 30.3. The summed E-state index contributed by atoms with van der Waals surface area (Å²) in [6, 6.07) is 0. The molecule has 0 saturated carbocycles. The van der Waals surface area contributed by atoms with E-state index in [4.69, 9.17) is 18.5 Å². The minimum absolute atomic E-state index is 0.0519. The van der Waals surface area contributed by atoms with E-state index in [9.17, 15) is 29.6 Å². The Labute approximate surface area is 342 Å². The SMILES string of the molecule is CCCCCCCC/C=C\CCCCCCCCOCC(COP(=O)(O)OCC[N+](C)(C)C)OC(=O)CCCCCCCC(O)/C=C/C(O)C(O)CCCCC. The van der Waals surface area contributed by atoms with Crippen LogP contribution < -0.4 is 0 Å². The van der Waals surface area contributed by atoms with Crippen molar-refractivity contribution in [1.82, 2.24) is 0 Å². The number of phosphoric acid groups is 1. The standard InChI is InChI=1S/C44H86NO10P/c1-6-8-10-11-12-13-14-15-16-17-18-19-20-21-25-29-36-52-38-41(39-54-56(50,51)53-37-35-45(3,4)5)55-44(49)32-28-24-22-23-27-30-40(46)33-34-43(48)42(47)31-26-9-7-2/h15-16,33-34,40-43,46-48H,6-14,17-32,35-39H2,1-5H3/p+1/b16-15-,34-33+. The summed E-state index contributed by atoms with van der Waals surface area (Å²) in [5.41, 5.74) is 0. The number of hydrogen-bond donors (Lipinski definition) is 4. The van der Waals surface area contributed by atoms with Gasteiger partial charge in [0.25, 0.3) is 0 Å². The predicted octanol–water partition coefficient (Wildman–Crippen LogP) is 9.74. The average Bonchev–Trinajstić information content (AvgIpc) is 3.14. The first kappa shape index (κ1) is 54.9. The Morgan fingerprint density at radius 3 is 1.80 bits per heavy atom. The molecule has 0 amide bonds. The number of aliphatic hydroxyl groups is 3. The van der Waals surface area contributed by atoms with Gasteiger partial charge < -0.3 is 34.2 Å². The Balaban J connectivity index is 4.40. The van der Waals surface area contributed by atoms with E-state index in [-0.39, 0.29) is 26.2 Å². The molecule has 0 fully saturated rings. The second kappa shape index (κ2) is 36.9. The Bertz CT molecular complexity index is 1000. The van der Waals surface area contributed by atoms with Crippen molar-refractivity contribution in [3.63, 3.8) is 0 Å². The molecule has 0 aliphatic carbocycles. The van der Waals surface area contributed by atoms with Crippen LogP contribution >= 0.6 is 7.82 Å². The van der Waals surface area contributed by atoms with Gasteiger partial charge in [0.15, 0.2) is 0 Å². The third-order valence-corrected chi connectivity index (χ3v) is 10.7. The van der Waals surface area contributed by atoms with Gasteiger partial charge in [0.1, 0.15) is 19.3 Å². The van der Waals surface area contributed by atoms with Gasteiger partial charge in [-0.15, -0.1) is 0 Å². The van der Waals surface area contributed by atoms with Crippen molar-refractivity contribution in [2.75, 3.05) is 54.1 Å². The normalized spacial score (nSPS) is 15.7. The van der Waals surface area contributed by atoms with Crippen LogP contribution in [-0.2, 0) is 27.9 Å². The summed E-state index contributed by atoms with van der Waals surface area (Å²) < 4.78 is 34.8. The number of carbonyl (C=O) groups excluding carboxylic acids is 1. The molecule has 11 nitrogen and oxygen atoms in total. The fraction of sp³-hybridized carbons (Fsp3) is 0.886. The molecule has 0 heterocycles. The summed E-state index contributed by atoms with van der Waals surface area (Å²) in [6.07, 6.45) is 29.9. The second-order valence-corrected chi connectivity index (χ2v) is 18.0. The Morgan fingerprint density at radius 1 is 0.643 bits per heavy atom. The number of aliphatic hydroxyl groups excluding tert-OH is 3. The zero-order chi connectivity index (χ0) is 41.8. The van der Waals surface area contributed by atoms with E-state index < -0.39 is 38.2 Å². The largest absolute Gasteiger partial charge is 0.472 e. The van der Waals surface area contributed by atoms with Crippen LogP contribution in [0.25, 0.3) is 0 Å². The van der Waals surface area contributed by atoms with Crippen LogP contribution in [0.2, 0.25) is 0 Å². The highest BCUT2D eigenvalue weighted by Gasteiger charge is 2.26. The van der Waals surface area contributed by atoms with Gasteiger partial charge in [-0.2, -0.15) is 0 Å². The molecule has 0 spiro atoms. The van der Waals surface area contributed by atoms with Crippen LogP contribution in [0.15, 0.2) is 24.3 Å². The summed E-state index contributed by atoms with van der Waals surface area (Å²) >= 11 is 0. The number of esters is 1. The number of ether oxygens (including phenoxy) is 2. The lowest BCUT2D eigenvalue weighted by Crippen LogP contribution is -2.37. The zero-order valence-corrected chi connectivity index (χ0v) is 37.4. The first-order chi connectivity index (χ1) is 26.8. The first-order valence-corrected chi connectivity index (χ1v) is 23.9. The number of unbranched alkanes of at least 4 members (excludes halogenated alkanes) is 18. The first-order valence-electron chi connectivity index (χ1n) is 22.4. The number of rotatable bonds is 41. The van der Waals surface area contributed by atoms with Gasteiger partial charge in [-0.05, 0) is 51.4 Å². The number of quaternary nitrogens is 1. The quantitative estimate of drug-likeness (QED) is 0.0154. The van der Waals surface area contributed by atoms with Crippen molar-refractivity contribution < 1.29 is 52.6 Å². The molecule has 4 N–H and O–H groups in total. The van der Waals surface area contributed by atoms with E-state index in [1.54, 1.807) is 6.08 Å². The summed E-state index contributed by atoms with van der Waals surface area (Å²) in [4.78, 5) is 22.9. The third kappa shape index (κ3) is 38.4. The van der Waals surface area contributed by atoms with E-state index in [0.29, 0.717) is 36.9 Å². The van der Waals surface area contributed by atoms with E-state index in [1.807, 2.05) is 21.1 Å². The molecular formula is C44H87NO10P+. The molecule has 0 aromatic rings. The lowest BCUT2D eigenvalue weighted by molar-refractivity contribution is -0.870. The van der Waals surface area contributed by atoms with Crippen molar-refractivity contribution in [1.29, 1.82) is 0 Å². The van der Waals surface area contributed by atoms with Crippen molar-refractivity contribution >= 4 is 13.8 Å². The maximum Gasteiger partial charge on any atom is 0.472 e. The van der Waals surface area contributed by atoms with E-state index in [2.05, 4.69) is 26.0 Å². The second-order valence-electron chi connectivity index (χ2n) is 16.5. The molecule has 5 atom stereocenters. The molecule has 0 aromatic heterocycles. The fourth-order valence-electron chi connectivity index (χ4n) is 6.07. The topological polar surface area (TPSA) is 152 Å². The minimum Gasteiger partial charge on any atom is -0.457 e. The van der Waals surface area contributed by atoms with Gasteiger partial charge in [-0.25, -0.2) is 4.57 Å². The van der Waals surface area contributed by atoms with Crippen LogP contribution in [-0.4, -0.2) is 109 Å². The number of carbonyl (C=O) groups is 1. The van der Waals surface area contributed by atoms with E-state index >= 15 is 0 Å². The van der Waals surface area contributed by atoms with Gasteiger partial charge in [0.05, 0.1) is 52.7 Å². The molecule has 0 rings (SSSR count). The zero-order valence-electron chi connectivity index (χ0n) is 36.5. The van der Waals surface area contributed by atoms with Crippen LogP contribution in [0.5, 0.6) is 0 Å². The molecule has 5 unspecified atom stereocenters. The van der Waals surface area contributed by atoms with Crippen molar-refractivity contribution in [2.45, 2.75) is 199 Å². The smallest absolute Gasteiger partial charge is 0.457 e. The van der Waals surface area contributed by atoms with Gasteiger partial charge in [0.2, 0.25) is 0 Å². The highest BCUT2D eigenvalue weighted by Crippen LogP contribution is 2.43. The summed E-state index contributed by atoms with van der Waals surface area (Å²) in [6.45, 7) is 5.20. The van der Waals surface area contributed by atoms with Crippen molar-refractivity contribution in [3.05, 3.63) is 24.3 Å². The highest BCUT2D eigenvalue weighted by molar-refractivity contribution is 7.47. The number of nitrogens with zero attached hydrogens (tertiary/aromatic N) is 1. The van der Waals surface area contributed by atoms with Crippen LogP contribution in [0.4, 0.5) is 0 Å². The minimum atomic E-state index is -4.32. The van der Waals surface area contributed by atoms with Crippen molar-refractivity contribution in [3.8, 4) is 0 Å². The predicted molar refractivity (Wildman–Crippen MR) is 228 cm³/mol. The molecule has 0 aliphatic rings. The summed E-state index contributed by atoms with van der Waals surface area (Å²) in [5.74, 6) is -0.408. The molecule has 56 heavy (non-hydrogen) atoms. The highest BCUT2D eigenvalue weighted by atomic mass is 31.2. The molecule has 0 aromatic carbocycles. The molecular weight excluding hydrogens is 733 g/mol. The van der Waals surface area contributed by atoms with Gasteiger partial charge >= 0.3 is 13.8 Å². The van der Waals surface area contributed by atoms with Crippen molar-refractivity contribution in [2.24, 2.45) is 0 Å². The molecule has 0 aliphatic heterocycles. The Morgan fingerprint density at radius 2 is 1.18 bits per heavy atom. The maximum atomic E-state index is 12.7. The molecule has 0 bridgehead atoms. The monoisotopic (exact) mass is 821 g/mol. The third-order valence-electron chi connectivity index (χ3n) is 9.75. The number of allylic oxidation sites excluding steroid dienone is 2. The molecule has 0 radical (unpaired) electrons. The van der Waals surface area contributed by atoms with E-state index in [1.165, 1.54) is 70.3 Å². The number of likely N-dealkylation sites (N-methyl/N-ethyl adjacent to an activating group) is 1. The fourth-order valence-corrected chi connectivity index (χ4v) is 6.81. The average molecular weight is 821 g/mol. The maximum absolute atomic E-state index is 12.7. The van der Waals surface area contributed by atoms with Gasteiger partial charge in [-0.1, -0.05) is 141 Å². The molecule has 12 heteroatoms. The molecule has 0 saturated heterocycles. The van der Waals surface area contributed by atoms with Gasteiger partial charge in [-0.3, -0.25) is 13.8 Å². The Kier molecular flexibility index (Phi) is 36.2. The van der Waals surface area contributed by atoms with Gasteiger partial charge in [0, 0.05) is 13.0 Å².